The molecule has 1 fully saturated rings. The van der Waals surface area contributed by atoms with E-state index in [1.165, 1.54) is 0 Å². The average Bonchev–Trinajstić information content (AvgIpc) is 2.77. The Labute approximate surface area is 187 Å². The molecule has 1 atom stereocenters. The molecule has 2 aliphatic heterocycles. The van der Waals surface area contributed by atoms with E-state index in [1.54, 1.807) is 25.3 Å². The van der Waals surface area contributed by atoms with Gasteiger partial charge in [0.15, 0.2) is 0 Å². The molecule has 168 valence electrons. The Hall–Kier alpha value is -2.61. The van der Waals surface area contributed by atoms with Crippen LogP contribution < -0.4 is 15.5 Å². The number of likely N-dealkylation sites (tertiary alicyclic amines) is 1. The summed E-state index contributed by atoms with van der Waals surface area (Å²) in [5, 5.41) is 7.42. The zero-order valence-electron chi connectivity index (χ0n) is 17.8. The van der Waals surface area contributed by atoms with Crippen LogP contribution in [0.15, 0.2) is 23.3 Å². The van der Waals surface area contributed by atoms with E-state index in [9.17, 15) is 14.4 Å². The topological polar surface area (TPSA) is 100 Å². The highest BCUT2D eigenvalue weighted by molar-refractivity contribution is 6.31. The first kappa shape index (κ1) is 23.1. The molecule has 0 radical (unpaired) electrons. The van der Waals surface area contributed by atoms with Crippen molar-refractivity contribution in [2.45, 2.75) is 51.4 Å². The number of rotatable bonds is 8. The van der Waals surface area contributed by atoms with Gasteiger partial charge in [-0.25, -0.2) is 5.43 Å². The summed E-state index contributed by atoms with van der Waals surface area (Å²) in [5.74, 6) is 0.802. The van der Waals surface area contributed by atoms with E-state index in [0.717, 1.165) is 31.5 Å². The molecule has 1 saturated heterocycles. The Morgan fingerprint density at radius 2 is 2.16 bits per heavy atom. The van der Waals surface area contributed by atoms with E-state index >= 15 is 0 Å². The summed E-state index contributed by atoms with van der Waals surface area (Å²) < 4.78 is 5.26. The third kappa shape index (κ3) is 6.95. The van der Waals surface area contributed by atoms with Gasteiger partial charge in [-0.05, 0) is 56.2 Å². The normalized spacial score (nSPS) is 18.8. The summed E-state index contributed by atoms with van der Waals surface area (Å²) in [7, 11) is 1.55. The zero-order valence-corrected chi connectivity index (χ0v) is 18.5. The molecule has 1 unspecified atom stereocenters. The molecule has 2 N–H and O–H groups in total. The van der Waals surface area contributed by atoms with Gasteiger partial charge in [-0.3, -0.25) is 14.4 Å². The Kier molecular flexibility index (Phi) is 8.28. The summed E-state index contributed by atoms with van der Waals surface area (Å²) in [6.45, 7) is 1.43. The van der Waals surface area contributed by atoms with Crippen molar-refractivity contribution < 1.29 is 19.1 Å². The minimum Gasteiger partial charge on any atom is -0.495 e. The minimum absolute atomic E-state index is 0.0770. The van der Waals surface area contributed by atoms with Crippen molar-refractivity contribution in [3.8, 4) is 5.75 Å². The van der Waals surface area contributed by atoms with Crippen molar-refractivity contribution in [1.29, 1.82) is 0 Å². The maximum atomic E-state index is 12.6. The number of methoxy groups -OCH3 is 1. The van der Waals surface area contributed by atoms with E-state index in [4.69, 9.17) is 16.3 Å². The third-order valence-electron chi connectivity index (χ3n) is 5.69. The van der Waals surface area contributed by atoms with Gasteiger partial charge in [-0.1, -0.05) is 11.6 Å². The molecule has 3 rings (SSSR count). The van der Waals surface area contributed by atoms with Crippen LogP contribution in [0.25, 0.3) is 0 Å². The standard InChI is InChI=1S/C22H29ClN4O4/c1-31-19-8-5-16(23)13-18(19)24-20(28)9-4-15-3-2-12-27(14-15)22(30)11-7-17-6-10-21(29)26-25-17/h5,8,13,15H,2-4,6-7,9-12,14H2,1H3,(H,24,28)(H,26,29). The molecule has 0 aromatic heterocycles. The molecule has 3 amide bonds. The molecular weight excluding hydrogens is 420 g/mol. The van der Waals surface area contributed by atoms with E-state index < -0.39 is 0 Å². The van der Waals surface area contributed by atoms with E-state index in [-0.39, 0.29) is 17.7 Å². The Balaban J connectivity index is 1.43. The highest BCUT2D eigenvalue weighted by Gasteiger charge is 2.24. The van der Waals surface area contributed by atoms with Gasteiger partial charge in [0, 0.05) is 43.1 Å². The van der Waals surface area contributed by atoms with Crippen LogP contribution in [0.1, 0.15) is 51.4 Å². The van der Waals surface area contributed by atoms with Crippen LogP contribution in [-0.2, 0) is 14.4 Å². The summed E-state index contributed by atoms with van der Waals surface area (Å²) in [6, 6.07) is 5.09. The van der Waals surface area contributed by atoms with Crippen LogP contribution in [0.2, 0.25) is 5.02 Å². The predicted octanol–water partition coefficient (Wildman–Crippen LogP) is 3.35. The van der Waals surface area contributed by atoms with E-state index in [0.29, 0.717) is 61.0 Å². The first-order valence-electron chi connectivity index (χ1n) is 10.7. The van der Waals surface area contributed by atoms with Gasteiger partial charge in [0.05, 0.1) is 12.8 Å². The molecule has 8 nitrogen and oxygen atoms in total. The van der Waals surface area contributed by atoms with Gasteiger partial charge in [-0.15, -0.1) is 0 Å². The van der Waals surface area contributed by atoms with Crippen LogP contribution in [0, 0.1) is 5.92 Å². The van der Waals surface area contributed by atoms with Gasteiger partial charge >= 0.3 is 0 Å². The molecular formula is C22H29ClN4O4. The number of nitrogens with one attached hydrogen (secondary N) is 2. The Morgan fingerprint density at radius 3 is 2.90 bits per heavy atom. The number of hydrogen-bond donors (Lipinski definition) is 2. The smallest absolute Gasteiger partial charge is 0.240 e. The molecule has 1 aromatic carbocycles. The fraction of sp³-hybridized carbons (Fsp3) is 0.545. The van der Waals surface area contributed by atoms with Crippen molar-refractivity contribution in [1.82, 2.24) is 10.3 Å². The second-order valence-electron chi connectivity index (χ2n) is 7.99. The van der Waals surface area contributed by atoms with Crippen LogP contribution in [-0.4, -0.2) is 48.5 Å². The molecule has 1 aromatic rings. The average molecular weight is 449 g/mol. The first-order chi connectivity index (χ1) is 14.9. The zero-order chi connectivity index (χ0) is 22.2. The lowest BCUT2D eigenvalue weighted by atomic mass is 9.93. The number of ether oxygens (including phenoxy) is 1. The summed E-state index contributed by atoms with van der Waals surface area (Å²) >= 11 is 6.01. The predicted molar refractivity (Wildman–Crippen MR) is 119 cm³/mol. The van der Waals surface area contributed by atoms with Crippen LogP contribution in [0.3, 0.4) is 0 Å². The van der Waals surface area contributed by atoms with Crippen LogP contribution in [0.4, 0.5) is 5.69 Å². The highest BCUT2D eigenvalue weighted by Crippen LogP contribution is 2.28. The molecule has 2 heterocycles. The number of anilines is 1. The number of hydrazone groups is 1. The van der Waals surface area contributed by atoms with Gasteiger partial charge < -0.3 is 15.0 Å². The van der Waals surface area contributed by atoms with Crippen molar-refractivity contribution >= 4 is 40.7 Å². The van der Waals surface area contributed by atoms with Gasteiger partial charge in [0.25, 0.3) is 0 Å². The molecule has 0 aliphatic carbocycles. The van der Waals surface area contributed by atoms with E-state index in [2.05, 4.69) is 15.8 Å². The minimum atomic E-state index is -0.0960. The second-order valence-corrected chi connectivity index (χ2v) is 8.43. The quantitative estimate of drug-likeness (QED) is 0.636. The molecule has 0 spiro atoms. The maximum Gasteiger partial charge on any atom is 0.240 e. The van der Waals surface area contributed by atoms with E-state index in [1.807, 2.05) is 4.90 Å². The summed E-state index contributed by atoms with van der Waals surface area (Å²) in [5.41, 5.74) is 3.90. The number of amides is 3. The summed E-state index contributed by atoms with van der Waals surface area (Å²) in [4.78, 5) is 38.1. The van der Waals surface area contributed by atoms with Crippen molar-refractivity contribution in [2.75, 3.05) is 25.5 Å². The number of nitrogens with zero attached hydrogens (tertiary/aromatic N) is 2. The Bertz CT molecular complexity index is 858. The number of carbonyl (C=O) groups is 3. The highest BCUT2D eigenvalue weighted by atomic mass is 35.5. The number of benzene rings is 1. The van der Waals surface area contributed by atoms with Crippen LogP contribution >= 0.6 is 11.6 Å². The molecule has 0 bridgehead atoms. The number of carbonyl (C=O) groups excluding carboxylic acids is 3. The number of piperidine rings is 1. The maximum absolute atomic E-state index is 12.6. The first-order valence-corrected chi connectivity index (χ1v) is 11.1. The molecule has 0 saturated carbocycles. The van der Waals surface area contributed by atoms with Crippen molar-refractivity contribution in [3.05, 3.63) is 23.2 Å². The van der Waals surface area contributed by atoms with Gasteiger partial charge in [0.1, 0.15) is 5.75 Å². The Morgan fingerprint density at radius 1 is 1.32 bits per heavy atom. The lowest BCUT2D eigenvalue weighted by molar-refractivity contribution is -0.132. The van der Waals surface area contributed by atoms with Gasteiger partial charge in [-0.2, -0.15) is 5.10 Å². The number of hydrogen-bond acceptors (Lipinski definition) is 5. The fourth-order valence-electron chi connectivity index (χ4n) is 3.95. The molecule has 2 aliphatic rings. The lowest BCUT2D eigenvalue weighted by Crippen LogP contribution is -2.40. The fourth-order valence-corrected chi connectivity index (χ4v) is 4.13. The van der Waals surface area contributed by atoms with Crippen molar-refractivity contribution in [2.24, 2.45) is 11.0 Å². The lowest BCUT2D eigenvalue weighted by Gasteiger charge is -2.33. The SMILES string of the molecule is COc1ccc(Cl)cc1NC(=O)CCC1CCCN(C(=O)CCC2=NNC(=O)CC2)C1. The molecule has 31 heavy (non-hydrogen) atoms. The number of halogens is 1. The molecule has 9 heteroatoms. The second kappa shape index (κ2) is 11.1. The van der Waals surface area contributed by atoms with Crippen LogP contribution in [0.5, 0.6) is 5.75 Å². The van der Waals surface area contributed by atoms with Crippen molar-refractivity contribution in [3.63, 3.8) is 0 Å². The largest absolute Gasteiger partial charge is 0.495 e. The summed E-state index contributed by atoms with van der Waals surface area (Å²) in [6.07, 6.45) is 5.07. The third-order valence-corrected chi connectivity index (χ3v) is 5.93. The monoisotopic (exact) mass is 448 g/mol. The van der Waals surface area contributed by atoms with Gasteiger partial charge in [0.2, 0.25) is 17.7 Å².